The summed E-state index contributed by atoms with van der Waals surface area (Å²) in [6, 6.07) is 2.22. The van der Waals surface area contributed by atoms with Gasteiger partial charge in [-0.15, -0.1) is 0 Å². The minimum Gasteiger partial charge on any atom is -0.496 e. The van der Waals surface area contributed by atoms with E-state index in [2.05, 4.69) is 21.2 Å². The van der Waals surface area contributed by atoms with Crippen molar-refractivity contribution in [3.05, 3.63) is 27.7 Å². The zero-order chi connectivity index (χ0) is 14.8. The third-order valence-electron chi connectivity index (χ3n) is 3.65. The van der Waals surface area contributed by atoms with Crippen LogP contribution in [0.4, 0.5) is 13.2 Å². The van der Waals surface area contributed by atoms with Crippen molar-refractivity contribution in [2.45, 2.75) is 25.4 Å². The van der Waals surface area contributed by atoms with Crippen LogP contribution in [0.2, 0.25) is 0 Å². The lowest BCUT2D eigenvalue weighted by atomic mass is 9.90. The number of methoxy groups -OCH3 is 1. The number of ether oxygens (including phenoxy) is 1. The predicted octanol–water partition coefficient (Wildman–Crippen LogP) is 4.02. The number of hydrogen-bond donors (Lipinski definition) is 1. The summed E-state index contributed by atoms with van der Waals surface area (Å²) in [4.78, 5) is 0. The molecule has 1 heterocycles. The molecule has 0 unspecified atom stereocenters. The number of halogens is 4. The molecule has 0 amide bonds. The van der Waals surface area contributed by atoms with Crippen molar-refractivity contribution in [1.29, 1.82) is 0 Å². The molecule has 2 nitrogen and oxygen atoms in total. The van der Waals surface area contributed by atoms with Gasteiger partial charge in [0.25, 0.3) is 0 Å². The highest BCUT2D eigenvalue weighted by molar-refractivity contribution is 9.10. The maximum atomic E-state index is 12.8. The first-order valence-electron chi connectivity index (χ1n) is 6.56. The van der Waals surface area contributed by atoms with Gasteiger partial charge in [0.15, 0.2) is 0 Å². The Hall–Kier alpha value is -0.750. The second kappa shape index (κ2) is 6.35. The molecular weight excluding hydrogens is 335 g/mol. The van der Waals surface area contributed by atoms with Gasteiger partial charge in [-0.25, -0.2) is 0 Å². The first-order valence-corrected chi connectivity index (χ1v) is 7.35. The highest BCUT2D eigenvalue weighted by Gasteiger charge is 2.32. The highest BCUT2D eigenvalue weighted by Crippen LogP contribution is 2.38. The van der Waals surface area contributed by atoms with Crippen molar-refractivity contribution in [1.82, 2.24) is 5.32 Å². The molecule has 1 aliphatic heterocycles. The van der Waals surface area contributed by atoms with Gasteiger partial charge in [-0.1, -0.05) is 15.9 Å². The molecule has 20 heavy (non-hydrogen) atoms. The van der Waals surface area contributed by atoms with Crippen molar-refractivity contribution >= 4 is 15.9 Å². The standard InChI is InChI=1S/C14H17BrF3NO/c1-20-13-8-10(14(16,17)18)7-12(15)11(13)6-9-2-4-19-5-3-9/h7-9,19H,2-6H2,1H3. The van der Waals surface area contributed by atoms with E-state index in [1.54, 1.807) is 0 Å². The fourth-order valence-electron chi connectivity index (χ4n) is 2.53. The fraction of sp³-hybridized carbons (Fsp3) is 0.571. The van der Waals surface area contributed by atoms with Crippen LogP contribution in [-0.2, 0) is 12.6 Å². The van der Waals surface area contributed by atoms with Crippen LogP contribution in [0.1, 0.15) is 24.0 Å². The zero-order valence-electron chi connectivity index (χ0n) is 11.2. The van der Waals surface area contributed by atoms with E-state index in [-0.39, 0.29) is 0 Å². The van der Waals surface area contributed by atoms with Crippen LogP contribution >= 0.6 is 15.9 Å². The summed E-state index contributed by atoms with van der Waals surface area (Å²) in [5.74, 6) is 0.795. The molecule has 1 aliphatic rings. The second-order valence-corrected chi connectivity index (χ2v) is 5.89. The third kappa shape index (κ3) is 3.67. The summed E-state index contributed by atoms with van der Waals surface area (Å²) in [6.45, 7) is 1.93. The summed E-state index contributed by atoms with van der Waals surface area (Å²) in [7, 11) is 1.41. The Morgan fingerprint density at radius 2 is 1.95 bits per heavy atom. The van der Waals surface area contributed by atoms with E-state index in [4.69, 9.17) is 4.74 Å². The first-order chi connectivity index (χ1) is 9.41. The molecule has 0 bridgehead atoms. The molecule has 6 heteroatoms. The fourth-order valence-corrected chi connectivity index (χ4v) is 3.13. The number of rotatable bonds is 3. The number of alkyl halides is 3. The smallest absolute Gasteiger partial charge is 0.416 e. The van der Waals surface area contributed by atoms with Crippen LogP contribution in [-0.4, -0.2) is 20.2 Å². The van der Waals surface area contributed by atoms with Crippen molar-refractivity contribution in [3.8, 4) is 5.75 Å². The molecule has 1 saturated heterocycles. The van der Waals surface area contributed by atoms with E-state index < -0.39 is 11.7 Å². The van der Waals surface area contributed by atoms with E-state index >= 15 is 0 Å². The van der Waals surface area contributed by atoms with Gasteiger partial charge < -0.3 is 10.1 Å². The van der Waals surface area contributed by atoms with Gasteiger partial charge >= 0.3 is 6.18 Å². The molecule has 1 N–H and O–H groups in total. The Bertz CT molecular complexity index is 470. The molecule has 0 spiro atoms. The van der Waals surface area contributed by atoms with Crippen LogP contribution in [0.3, 0.4) is 0 Å². The largest absolute Gasteiger partial charge is 0.496 e. The average Bonchev–Trinajstić information content (AvgIpc) is 2.40. The van der Waals surface area contributed by atoms with E-state index in [1.165, 1.54) is 7.11 Å². The summed E-state index contributed by atoms with van der Waals surface area (Å²) in [5.41, 5.74) is 0.141. The van der Waals surface area contributed by atoms with Crippen molar-refractivity contribution in [2.75, 3.05) is 20.2 Å². The topological polar surface area (TPSA) is 21.3 Å². The van der Waals surface area contributed by atoms with E-state index in [0.717, 1.165) is 50.0 Å². The van der Waals surface area contributed by atoms with Crippen LogP contribution in [0, 0.1) is 5.92 Å². The van der Waals surface area contributed by atoms with E-state index in [1.807, 2.05) is 0 Å². The summed E-state index contributed by atoms with van der Waals surface area (Å²) in [6.07, 6.45) is -1.54. The normalized spacial score (nSPS) is 17.2. The van der Waals surface area contributed by atoms with Crippen molar-refractivity contribution < 1.29 is 17.9 Å². The van der Waals surface area contributed by atoms with Crippen molar-refractivity contribution in [2.24, 2.45) is 5.92 Å². The Labute approximate surface area is 124 Å². The zero-order valence-corrected chi connectivity index (χ0v) is 12.8. The lowest BCUT2D eigenvalue weighted by Crippen LogP contribution is -2.28. The molecule has 0 aliphatic carbocycles. The predicted molar refractivity (Wildman–Crippen MR) is 75.0 cm³/mol. The molecule has 112 valence electrons. The Morgan fingerprint density at radius 1 is 1.30 bits per heavy atom. The van der Waals surface area contributed by atoms with Gasteiger partial charge in [-0.3, -0.25) is 0 Å². The Morgan fingerprint density at radius 3 is 2.50 bits per heavy atom. The van der Waals surface area contributed by atoms with Gasteiger partial charge in [0.2, 0.25) is 0 Å². The molecule has 1 fully saturated rings. The van der Waals surface area contributed by atoms with Gasteiger partial charge in [0.05, 0.1) is 12.7 Å². The lowest BCUT2D eigenvalue weighted by molar-refractivity contribution is -0.137. The Kier molecular flexibility index (Phi) is 4.96. The molecule has 2 rings (SSSR count). The SMILES string of the molecule is COc1cc(C(F)(F)F)cc(Br)c1CC1CCNCC1. The van der Waals surface area contributed by atoms with Crippen molar-refractivity contribution in [3.63, 3.8) is 0 Å². The number of benzene rings is 1. The highest BCUT2D eigenvalue weighted by atomic mass is 79.9. The first kappa shape index (κ1) is 15.6. The summed E-state index contributed by atoms with van der Waals surface area (Å²) < 4.78 is 44.0. The molecule has 0 saturated carbocycles. The lowest BCUT2D eigenvalue weighted by Gasteiger charge is -2.24. The average molecular weight is 352 g/mol. The van der Waals surface area contributed by atoms with Crippen LogP contribution in [0.25, 0.3) is 0 Å². The monoisotopic (exact) mass is 351 g/mol. The van der Waals surface area contributed by atoms with Gasteiger partial charge in [-0.05, 0) is 50.4 Å². The second-order valence-electron chi connectivity index (χ2n) is 5.03. The van der Waals surface area contributed by atoms with E-state index in [9.17, 15) is 13.2 Å². The maximum absolute atomic E-state index is 12.8. The molecule has 0 atom stereocenters. The maximum Gasteiger partial charge on any atom is 0.416 e. The molecular formula is C14H17BrF3NO. The van der Waals surface area contributed by atoms with E-state index in [0.29, 0.717) is 16.1 Å². The van der Waals surface area contributed by atoms with Gasteiger partial charge in [-0.2, -0.15) is 13.2 Å². The molecule has 1 aromatic rings. The Balaban J connectivity index is 2.27. The van der Waals surface area contributed by atoms with Gasteiger partial charge in [0.1, 0.15) is 5.75 Å². The third-order valence-corrected chi connectivity index (χ3v) is 4.36. The minimum absolute atomic E-state index is 0.310. The molecule has 0 radical (unpaired) electrons. The number of nitrogens with one attached hydrogen (secondary N) is 1. The van der Waals surface area contributed by atoms with Crippen LogP contribution < -0.4 is 10.1 Å². The molecule has 0 aromatic heterocycles. The van der Waals surface area contributed by atoms with Gasteiger partial charge in [0, 0.05) is 10.0 Å². The van der Waals surface area contributed by atoms with Crippen LogP contribution in [0.15, 0.2) is 16.6 Å². The summed E-state index contributed by atoms with van der Waals surface area (Å²) >= 11 is 3.26. The minimum atomic E-state index is -4.36. The number of hydrogen-bond acceptors (Lipinski definition) is 2. The quantitative estimate of drug-likeness (QED) is 0.887. The molecule has 1 aromatic carbocycles. The van der Waals surface area contributed by atoms with Crippen LogP contribution in [0.5, 0.6) is 5.75 Å². The summed E-state index contributed by atoms with van der Waals surface area (Å²) in [5, 5.41) is 3.28. The number of piperidine rings is 1.